The van der Waals surface area contributed by atoms with Crippen molar-refractivity contribution in [1.82, 2.24) is 24.1 Å². The van der Waals surface area contributed by atoms with Gasteiger partial charge >= 0.3 is 0 Å². The molecular weight excluding hydrogens is 659 g/mol. The fourth-order valence-electron chi connectivity index (χ4n) is 8.01. The molecule has 0 aliphatic rings. The van der Waals surface area contributed by atoms with Gasteiger partial charge in [0.1, 0.15) is 0 Å². The smallest absolute Gasteiger partial charge is 0.164 e. The Morgan fingerprint density at radius 1 is 0.278 bits per heavy atom. The summed E-state index contributed by atoms with van der Waals surface area (Å²) in [4.78, 5) is 14.8. The SMILES string of the molecule is c1ccc(-c2nc(-c3ccccc3)nc(-c3ccc(-n4c5ccc(-n6c7ccccc7c7ccccc76)cc5c5cc6ccccc6cc54)cc3)n2)cc1. The molecule has 8 aromatic carbocycles. The molecule has 0 fully saturated rings. The molecule has 0 aliphatic carbocycles. The van der Waals surface area contributed by atoms with E-state index in [4.69, 9.17) is 15.0 Å². The van der Waals surface area contributed by atoms with Crippen molar-refractivity contribution in [1.29, 1.82) is 0 Å². The second-order valence-corrected chi connectivity index (χ2v) is 13.7. The van der Waals surface area contributed by atoms with E-state index in [1.54, 1.807) is 0 Å². The average molecular weight is 690 g/mol. The molecule has 0 atom stereocenters. The van der Waals surface area contributed by atoms with Gasteiger partial charge < -0.3 is 9.13 Å². The largest absolute Gasteiger partial charge is 0.309 e. The average Bonchev–Trinajstić information content (AvgIpc) is 3.75. The van der Waals surface area contributed by atoms with Crippen LogP contribution in [0, 0.1) is 0 Å². The molecule has 11 rings (SSSR count). The summed E-state index contributed by atoms with van der Waals surface area (Å²) >= 11 is 0. The molecule has 252 valence electrons. The van der Waals surface area contributed by atoms with E-state index >= 15 is 0 Å². The lowest BCUT2D eigenvalue weighted by Gasteiger charge is -2.12. The maximum Gasteiger partial charge on any atom is 0.164 e. The van der Waals surface area contributed by atoms with E-state index in [0.717, 1.165) is 39.1 Å². The van der Waals surface area contributed by atoms with Gasteiger partial charge in [0.25, 0.3) is 0 Å². The van der Waals surface area contributed by atoms with Crippen molar-refractivity contribution in [3.63, 3.8) is 0 Å². The molecule has 0 saturated carbocycles. The van der Waals surface area contributed by atoms with Gasteiger partial charge in [-0.05, 0) is 77.5 Å². The lowest BCUT2D eigenvalue weighted by Crippen LogP contribution is -2.00. The van der Waals surface area contributed by atoms with Crippen molar-refractivity contribution in [2.24, 2.45) is 0 Å². The molecular formula is C49H31N5. The Hall–Kier alpha value is -7.37. The molecule has 5 nitrogen and oxygen atoms in total. The summed E-state index contributed by atoms with van der Waals surface area (Å²) < 4.78 is 4.78. The third kappa shape index (κ3) is 4.83. The van der Waals surface area contributed by atoms with Crippen molar-refractivity contribution in [3.8, 4) is 45.5 Å². The summed E-state index contributed by atoms with van der Waals surface area (Å²) in [6.45, 7) is 0. The van der Waals surface area contributed by atoms with E-state index < -0.39 is 0 Å². The van der Waals surface area contributed by atoms with Crippen molar-refractivity contribution in [2.45, 2.75) is 0 Å². The van der Waals surface area contributed by atoms with Crippen LogP contribution in [0.25, 0.3) is 99.9 Å². The number of aromatic nitrogens is 5. The van der Waals surface area contributed by atoms with E-state index in [1.165, 1.54) is 43.4 Å². The maximum absolute atomic E-state index is 4.97. The number of fused-ring (bicyclic) bond motifs is 7. The number of benzene rings is 8. The van der Waals surface area contributed by atoms with Gasteiger partial charge in [-0.2, -0.15) is 0 Å². The quantitative estimate of drug-likeness (QED) is 0.181. The number of nitrogens with zero attached hydrogens (tertiary/aromatic N) is 5. The van der Waals surface area contributed by atoms with E-state index in [9.17, 15) is 0 Å². The Kier molecular flexibility index (Phi) is 6.79. The zero-order valence-corrected chi connectivity index (χ0v) is 29.1. The molecule has 54 heavy (non-hydrogen) atoms. The highest BCUT2D eigenvalue weighted by Crippen LogP contribution is 2.38. The lowest BCUT2D eigenvalue weighted by molar-refractivity contribution is 1.07. The van der Waals surface area contributed by atoms with Crippen LogP contribution in [0.2, 0.25) is 0 Å². The molecule has 3 aromatic heterocycles. The van der Waals surface area contributed by atoms with Gasteiger partial charge in [-0.15, -0.1) is 0 Å². The minimum absolute atomic E-state index is 0.637. The van der Waals surface area contributed by atoms with Crippen molar-refractivity contribution in [2.75, 3.05) is 0 Å². The van der Waals surface area contributed by atoms with Gasteiger partial charge in [0, 0.05) is 49.6 Å². The highest BCUT2D eigenvalue weighted by atomic mass is 15.0. The van der Waals surface area contributed by atoms with E-state index in [0.29, 0.717) is 17.5 Å². The maximum atomic E-state index is 4.97. The van der Waals surface area contributed by atoms with Gasteiger partial charge in [-0.25, -0.2) is 15.0 Å². The van der Waals surface area contributed by atoms with Crippen LogP contribution in [0.1, 0.15) is 0 Å². The van der Waals surface area contributed by atoms with Crippen molar-refractivity contribution >= 4 is 54.4 Å². The summed E-state index contributed by atoms with van der Waals surface area (Å²) in [6.07, 6.45) is 0. The number of para-hydroxylation sites is 2. The Bertz CT molecular complexity index is 3080. The molecule has 0 aliphatic heterocycles. The highest BCUT2D eigenvalue weighted by molar-refractivity contribution is 6.15. The monoisotopic (exact) mass is 689 g/mol. The van der Waals surface area contributed by atoms with Crippen LogP contribution in [0.4, 0.5) is 0 Å². The topological polar surface area (TPSA) is 48.5 Å². The lowest BCUT2D eigenvalue weighted by atomic mass is 10.1. The minimum atomic E-state index is 0.637. The van der Waals surface area contributed by atoms with E-state index in [1.807, 2.05) is 60.7 Å². The van der Waals surface area contributed by atoms with Gasteiger partial charge in [0.15, 0.2) is 17.5 Å². The Morgan fingerprint density at radius 2 is 0.704 bits per heavy atom. The van der Waals surface area contributed by atoms with Crippen LogP contribution < -0.4 is 0 Å². The normalized spacial score (nSPS) is 11.7. The van der Waals surface area contributed by atoms with Crippen LogP contribution in [0.5, 0.6) is 0 Å². The highest BCUT2D eigenvalue weighted by Gasteiger charge is 2.18. The summed E-state index contributed by atoms with van der Waals surface area (Å²) in [5, 5.41) is 7.36. The molecule has 0 N–H and O–H groups in total. The van der Waals surface area contributed by atoms with Crippen LogP contribution >= 0.6 is 0 Å². The van der Waals surface area contributed by atoms with E-state index in [2.05, 4.69) is 137 Å². The molecule has 0 unspecified atom stereocenters. The molecule has 3 heterocycles. The Balaban J connectivity index is 1.09. The van der Waals surface area contributed by atoms with Crippen LogP contribution in [-0.4, -0.2) is 24.1 Å². The Morgan fingerprint density at radius 3 is 1.30 bits per heavy atom. The van der Waals surface area contributed by atoms with Crippen LogP contribution in [0.3, 0.4) is 0 Å². The van der Waals surface area contributed by atoms with Gasteiger partial charge in [-0.3, -0.25) is 0 Å². The van der Waals surface area contributed by atoms with Crippen molar-refractivity contribution in [3.05, 3.63) is 188 Å². The predicted molar refractivity (Wildman–Crippen MR) is 222 cm³/mol. The first-order chi connectivity index (χ1) is 26.8. The summed E-state index contributed by atoms with van der Waals surface area (Å²) in [7, 11) is 0. The number of hydrogen-bond acceptors (Lipinski definition) is 3. The summed E-state index contributed by atoms with van der Waals surface area (Å²) in [6, 6.07) is 66.3. The van der Waals surface area contributed by atoms with E-state index in [-0.39, 0.29) is 0 Å². The Labute approximate surface area is 311 Å². The third-order valence-electron chi connectivity index (χ3n) is 10.5. The fourth-order valence-corrected chi connectivity index (χ4v) is 8.01. The van der Waals surface area contributed by atoms with Gasteiger partial charge in [0.2, 0.25) is 0 Å². The molecule has 11 aromatic rings. The van der Waals surface area contributed by atoms with Crippen LogP contribution in [0.15, 0.2) is 188 Å². The first-order valence-electron chi connectivity index (χ1n) is 18.2. The summed E-state index contributed by atoms with van der Waals surface area (Å²) in [5.74, 6) is 1.94. The van der Waals surface area contributed by atoms with Crippen molar-refractivity contribution < 1.29 is 0 Å². The number of hydrogen-bond donors (Lipinski definition) is 0. The first-order valence-corrected chi connectivity index (χ1v) is 18.2. The van der Waals surface area contributed by atoms with Gasteiger partial charge in [0.05, 0.1) is 22.1 Å². The fraction of sp³-hybridized carbons (Fsp3) is 0. The van der Waals surface area contributed by atoms with Gasteiger partial charge in [-0.1, -0.05) is 121 Å². The zero-order valence-electron chi connectivity index (χ0n) is 29.1. The minimum Gasteiger partial charge on any atom is -0.309 e. The third-order valence-corrected chi connectivity index (χ3v) is 10.5. The molecule has 0 bridgehead atoms. The standard InChI is InChI=1S/C49H31N5/c1-3-13-32(14-4-1)47-50-48(33-15-5-2-6-16-33)52-49(51-47)34-23-25-37(26-24-34)53-45-28-27-38(31-42(45)41-29-35-17-7-8-18-36(35)30-46(41)53)54-43-21-11-9-19-39(43)40-20-10-12-22-44(40)54/h1-31H. The molecule has 5 heteroatoms. The molecule has 0 spiro atoms. The molecule has 0 radical (unpaired) electrons. The molecule has 0 amide bonds. The predicted octanol–water partition coefficient (Wildman–Crippen LogP) is 12.2. The summed E-state index contributed by atoms with van der Waals surface area (Å²) in [5.41, 5.74) is 9.75. The van der Waals surface area contributed by atoms with Crippen LogP contribution in [-0.2, 0) is 0 Å². The first kappa shape index (κ1) is 30.3. The molecule has 0 saturated heterocycles. The second kappa shape index (κ2) is 12.1. The second-order valence-electron chi connectivity index (χ2n) is 13.7. The zero-order chi connectivity index (χ0) is 35.6. The number of rotatable bonds is 5.